The van der Waals surface area contributed by atoms with Crippen molar-refractivity contribution in [3.05, 3.63) is 53.9 Å². The van der Waals surface area contributed by atoms with Crippen molar-refractivity contribution in [2.45, 2.75) is 50.0 Å². The molecule has 26 heavy (non-hydrogen) atoms. The standard InChI is InChI=1S/C20H27N3O2S/c1-21-26(24,25)19-8-7-18(13-16-5-3-2-4-6-16)20(14-19)23-15-17-9-11-22-12-10-17/h7-12,14,16,21,23H,2-6,13,15H2,1H3. The zero-order valence-electron chi connectivity index (χ0n) is 15.2. The highest BCUT2D eigenvalue weighted by atomic mass is 32.2. The monoisotopic (exact) mass is 373 g/mol. The van der Waals surface area contributed by atoms with Crippen LogP contribution in [0.1, 0.15) is 43.2 Å². The molecule has 6 heteroatoms. The van der Waals surface area contributed by atoms with E-state index in [4.69, 9.17) is 0 Å². The summed E-state index contributed by atoms with van der Waals surface area (Å²) in [5.74, 6) is 0.692. The Morgan fingerprint density at radius 3 is 2.50 bits per heavy atom. The van der Waals surface area contributed by atoms with E-state index in [-0.39, 0.29) is 0 Å². The normalized spacial score (nSPS) is 15.7. The Bertz CT molecular complexity index is 816. The van der Waals surface area contributed by atoms with Crippen LogP contribution in [0.15, 0.2) is 47.6 Å². The van der Waals surface area contributed by atoms with Crippen molar-refractivity contribution in [2.24, 2.45) is 5.92 Å². The molecule has 1 fully saturated rings. The minimum atomic E-state index is -3.45. The lowest BCUT2D eigenvalue weighted by Gasteiger charge is -2.23. The van der Waals surface area contributed by atoms with Crippen molar-refractivity contribution < 1.29 is 8.42 Å². The minimum absolute atomic E-state index is 0.296. The number of nitrogens with zero attached hydrogens (tertiary/aromatic N) is 1. The highest BCUT2D eigenvalue weighted by molar-refractivity contribution is 7.89. The van der Waals surface area contributed by atoms with Crippen LogP contribution in [0.25, 0.3) is 0 Å². The Labute approximate surface area is 156 Å². The zero-order chi connectivity index (χ0) is 18.4. The molecule has 3 rings (SSSR count). The summed E-state index contributed by atoms with van der Waals surface area (Å²) in [6.45, 7) is 0.642. The van der Waals surface area contributed by atoms with Crippen LogP contribution in [-0.2, 0) is 23.0 Å². The topological polar surface area (TPSA) is 71.1 Å². The van der Waals surface area contributed by atoms with Gasteiger partial charge in [0.05, 0.1) is 4.90 Å². The third-order valence-electron chi connectivity index (χ3n) is 5.13. The summed E-state index contributed by atoms with van der Waals surface area (Å²) in [6, 6.07) is 9.35. The Morgan fingerprint density at radius 2 is 1.81 bits per heavy atom. The van der Waals surface area contributed by atoms with Gasteiger partial charge in [0.15, 0.2) is 0 Å². The van der Waals surface area contributed by atoms with E-state index in [0.717, 1.165) is 17.7 Å². The second-order valence-electron chi connectivity index (χ2n) is 6.94. The summed E-state index contributed by atoms with van der Waals surface area (Å²) in [5.41, 5.74) is 3.22. The predicted octanol–water partition coefficient (Wildman–Crippen LogP) is 3.72. The second kappa shape index (κ2) is 8.64. The smallest absolute Gasteiger partial charge is 0.240 e. The summed E-state index contributed by atoms with van der Waals surface area (Å²) in [4.78, 5) is 4.33. The van der Waals surface area contributed by atoms with Gasteiger partial charge >= 0.3 is 0 Å². The molecule has 0 saturated heterocycles. The molecule has 1 aromatic carbocycles. The molecule has 1 aliphatic carbocycles. The van der Waals surface area contributed by atoms with Gasteiger partial charge < -0.3 is 5.32 Å². The van der Waals surface area contributed by atoms with E-state index < -0.39 is 10.0 Å². The molecule has 1 aromatic heterocycles. The molecule has 1 aliphatic rings. The molecule has 5 nitrogen and oxygen atoms in total. The lowest BCUT2D eigenvalue weighted by molar-refractivity contribution is 0.357. The van der Waals surface area contributed by atoms with E-state index in [1.165, 1.54) is 44.7 Å². The summed E-state index contributed by atoms with van der Waals surface area (Å²) >= 11 is 0. The maximum absolute atomic E-state index is 12.2. The average molecular weight is 374 g/mol. The quantitative estimate of drug-likeness (QED) is 0.776. The van der Waals surface area contributed by atoms with Gasteiger partial charge in [-0.3, -0.25) is 4.98 Å². The molecule has 0 aliphatic heterocycles. The van der Waals surface area contributed by atoms with Crippen LogP contribution in [0, 0.1) is 5.92 Å². The summed E-state index contributed by atoms with van der Waals surface area (Å²) in [5, 5.41) is 3.44. The van der Waals surface area contributed by atoms with Crippen molar-refractivity contribution in [1.29, 1.82) is 0 Å². The van der Waals surface area contributed by atoms with Gasteiger partial charge in [-0.1, -0.05) is 38.2 Å². The fourth-order valence-electron chi connectivity index (χ4n) is 3.58. The first kappa shape index (κ1) is 18.9. The van der Waals surface area contributed by atoms with Crippen LogP contribution in [0.5, 0.6) is 0 Å². The fourth-order valence-corrected chi connectivity index (χ4v) is 4.34. The molecule has 2 aromatic rings. The lowest BCUT2D eigenvalue weighted by atomic mass is 9.84. The molecule has 0 spiro atoms. The summed E-state index contributed by atoms with van der Waals surface area (Å²) in [7, 11) is -2.01. The van der Waals surface area contributed by atoms with Gasteiger partial charge in [-0.25, -0.2) is 13.1 Å². The van der Waals surface area contributed by atoms with E-state index in [1.807, 2.05) is 18.2 Å². The Morgan fingerprint density at radius 1 is 1.08 bits per heavy atom. The fraction of sp³-hybridized carbons (Fsp3) is 0.450. The number of hydrogen-bond donors (Lipinski definition) is 2. The lowest BCUT2D eigenvalue weighted by Crippen LogP contribution is -2.19. The highest BCUT2D eigenvalue weighted by Gasteiger charge is 2.18. The van der Waals surface area contributed by atoms with Crippen LogP contribution in [-0.4, -0.2) is 20.4 Å². The Hall–Kier alpha value is -1.92. The average Bonchev–Trinajstić information content (AvgIpc) is 2.68. The Kier molecular flexibility index (Phi) is 6.27. The number of aromatic nitrogens is 1. The molecule has 0 bridgehead atoms. The molecule has 0 atom stereocenters. The number of anilines is 1. The maximum atomic E-state index is 12.2. The molecular weight excluding hydrogens is 346 g/mol. The van der Waals surface area contributed by atoms with Crippen molar-refractivity contribution >= 4 is 15.7 Å². The molecule has 140 valence electrons. The van der Waals surface area contributed by atoms with E-state index >= 15 is 0 Å². The van der Waals surface area contributed by atoms with Crippen LogP contribution in [0.4, 0.5) is 5.69 Å². The molecule has 1 saturated carbocycles. The summed E-state index contributed by atoms with van der Waals surface area (Å²) in [6.07, 6.45) is 11.0. The van der Waals surface area contributed by atoms with Gasteiger partial charge in [0.1, 0.15) is 0 Å². The van der Waals surface area contributed by atoms with E-state index in [1.54, 1.807) is 24.5 Å². The molecule has 2 N–H and O–H groups in total. The Balaban J connectivity index is 1.84. The predicted molar refractivity (Wildman–Crippen MR) is 105 cm³/mol. The summed E-state index contributed by atoms with van der Waals surface area (Å²) < 4.78 is 26.8. The third kappa shape index (κ3) is 4.83. The number of sulfonamides is 1. The van der Waals surface area contributed by atoms with Crippen molar-refractivity contribution in [2.75, 3.05) is 12.4 Å². The van der Waals surface area contributed by atoms with Gasteiger partial charge in [0, 0.05) is 24.6 Å². The third-order valence-corrected chi connectivity index (χ3v) is 6.54. The first-order valence-electron chi connectivity index (χ1n) is 9.28. The molecule has 1 heterocycles. The number of benzene rings is 1. The van der Waals surface area contributed by atoms with Gasteiger partial charge in [-0.2, -0.15) is 0 Å². The maximum Gasteiger partial charge on any atom is 0.240 e. The van der Waals surface area contributed by atoms with Crippen LogP contribution >= 0.6 is 0 Å². The first-order valence-corrected chi connectivity index (χ1v) is 10.8. The van der Waals surface area contributed by atoms with Gasteiger partial charge in [0.2, 0.25) is 10.0 Å². The zero-order valence-corrected chi connectivity index (χ0v) is 16.1. The van der Waals surface area contributed by atoms with Crippen molar-refractivity contribution in [1.82, 2.24) is 9.71 Å². The van der Waals surface area contributed by atoms with E-state index in [0.29, 0.717) is 17.4 Å². The molecule has 0 radical (unpaired) electrons. The van der Waals surface area contributed by atoms with Crippen LogP contribution < -0.4 is 10.0 Å². The number of hydrogen-bond acceptors (Lipinski definition) is 4. The number of nitrogens with one attached hydrogen (secondary N) is 2. The van der Waals surface area contributed by atoms with E-state index in [9.17, 15) is 8.42 Å². The van der Waals surface area contributed by atoms with Gasteiger partial charge in [0.25, 0.3) is 0 Å². The molecule has 0 amide bonds. The van der Waals surface area contributed by atoms with Crippen molar-refractivity contribution in [3.8, 4) is 0 Å². The first-order chi connectivity index (χ1) is 12.6. The minimum Gasteiger partial charge on any atom is -0.381 e. The van der Waals surface area contributed by atoms with Gasteiger partial charge in [-0.05, 0) is 54.8 Å². The number of rotatable bonds is 7. The van der Waals surface area contributed by atoms with Crippen LogP contribution in [0.3, 0.4) is 0 Å². The van der Waals surface area contributed by atoms with E-state index in [2.05, 4.69) is 15.0 Å². The number of pyridine rings is 1. The largest absolute Gasteiger partial charge is 0.381 e. The second-order valence-corrected chi connectivity index (χ2v) is 8.83. The highest BCUT2D eigenvalue weighted by Crippen LogP contribution is 2.30. The van der Waals surface area contributed by atoms with Gasteiger partial charge in [-0.15, -0.1) is 0 Å². The molecular formula is C20H27N3O2S. The van der Waals surface area contributed by atoms with Crippen molar-refractivity contribution in [3.63, 3.8) is 0 Å². The van der Waals surface area contributed by atoms with Crippen LogP contribution in [0.2, 0.25) is 0 Å². The molecule has 0 unspecified atom stereocenters. The SMILES string of the molecule is CNS(=O)(=O)c1ccc(CC2CCCCC2)c(NCc2ccncc2)c1.